The highest BCUT2D eigenvalue weighted by atomic mass is 32.1. The fourth-order valence-electron chi connectivity index (χ4n) is 4.58. The Bertz CT molecular complexity index is 1240. The summed E-state index contributed by atoms with van der Waals surface area (Å²) in [6, 6.07) is 22.9. The van der Waals surface area contributed by atoms with E-state index in [0.717, 1.165) is 23.4 Å². The van der Waals surface area contributed by atoms with Gasteiger partial charge in [-0.25, -0.2) is 0 Å². The second-order valence-corrected chi connectivity index (χ2v) is 9.15. The van der Waals surface area contributed by atoms with Gasteiger partial charge in [-0.3, -0.25) is 9.59 Å². The third-order valence-corrected chi connectivity index (χ3v) is 6.56. The number of para-hydroxylation sites is 1. The van der Waals surface area contributed by atoms with Gasteiger partial charge in [0.2, 0.25) is 5.91 Å². The quantitative estimate of drug-likeness (QED) is 0.528. The lowest BCUT2D eigenvalue weighted by atomic mass is 10.1. The summed E-state index contributed by atoms with van der Waals surface area (Å²) in [5.74, 6) is -0.0652. The van der Waals surface area contributed by atoms with Crippen LogP contribution in [0, 0.1) is 6.92 Å². The standard InChI is InChI=1S/C27H26N4O2S/c1-18-8-12-20(13-9-18)28-27(34)29-21-14-10-19(11-15-21)17-31-23-6-3-2-5-22(23)25(32)30-16-4-7-24(30)26(31)33/h2-3,5-6,8-15,24H,4,7,16-17H2,1H3,(H2,28,29,34). The summed E-state index contributed by atoms with van der Waals surface area (Å²) in [6.45, 7) is 3.08. The van der Waals surface area contributed by atoms with E-state index in [9.17, 15) is 9.59 Å². The van der Waals surface area contributed by atoms with Crippen LogP contribution in [0.4, 0.5) is 17.1 Å². The maximum atomic E-state index is 13.4. The number of carbonyl (C=O) groups excluding carboxylic acids is 2. The largest absolute Gasteiger partial charge is 0.332 e. The molecule has 1 unspecified atom stereocenters. The molecule has 2 amide bonds. The van der Waals surface area contributed by atoms with Crippen LogP contribution in [0.5, 0.6) is 0 Å². The van der Waals surface area contributed by atoms with Crippen molar-refractivity contribution >= 4 is 46.2 Å². The molecule has 0 aliphatic carbocycles. The molecule has 0 radical (unpaired) electrons. The Kier molecular flexibility index (Phi) is 6.02. The first-order chi connectivity index (χ1) is 16.5. The van der Waals surface area contributed by atoms with E-state index in [0.29, 0.717) is 35.9 Å². The molecule has 0 aromatic heterocycles. The van der Waals surface area contributed by atoms with Crippen molar-refractivity contribution < 1.29 is 9.59 Å². The molecule has 6 nitrogen and oxygen atoms in total. The van der Waals surface area contributed by atoms with Crippen LogP contribution in [-0.4, -0.2) is 34.4 Å². The summed E-state index contributed by atoms with van der Waals surface area (Å²) in [5, 5.41) is 6.88. The highest BCUT2D eigenvalue weighted by Gasteiger charge is 2.41. The van der Waals surface area contributed by atoms with Crippen molar-refractivity contribution in [2.45, 2.75) is 32.4 Å². The average Bonchev–Trinajstić information content (AvgIpc) is 3.32. The summed E-state index contributed by atoms with van der Waals surface area (Å²) >= 11 is 5.43. The zero-order valence-electron chi connectivity index (χ0n) is 19.0. The Morgan fingerprint density at radius 1 is 0.941 bits per heavy atom. The van der Waals surface area contributed by atoms with Gasteiger partial charge in [-0.1, -0.05) is 42.0 Å². The van der Waals surface area contributed by atoms with E-state index in [4.69, 9.17) is 12.2 Å². The molecule has 3 aromatic carbocycles. The molecule has 34 heavy (non-hydrogen) atoms. The number of amides is 2. The molecule has 2 N–H and O–H groups in total. The minimum atomic E-state index is -0.383. The monoisotopic (exact) mass is 470 g/mol. The van der Waals surface area contributed by atoms with Gasteiger partial charge < -0.3 is 20.4 Å². The second kappa shape index (κ2) is 9.27. The Balaban J connectivity index is 1.31. The van der Waals surface area contributed by atoms with Crippen molar-refractivity contribution in [1.29, 1.82) is 0 Å². The molecule has 3 aromatic rings. The molecule has 2 heterocycles. The molecule has 172 valence electrons. The number of nitrogens with zero attached hydrogens (tertiary/aromatic N) is 2. The number of thiocarbonyl (C=S) groups is 1. The molecule has 2 aliphatic heterocycles. The smallest absolute Gasteiger partial charge is 0.256 e. The zero-order valence-corrected chi connectivity index (χ0v) is 19.8. The average molecular weight is 471 g/mol. The van der Waals surface area contributed by atoms with Crippen molar-refractivity contribution in [1.82, 2.24) is 4.90 Å². The third kappa shape index (κ3) is 4.39. The van der Waals surface area contributed by atoms with Crippen LogP contribution in [0.2, 0.25) is 0 Å². The van der Waals surface area contributed by atoms with Crippen molar-refractivity contribution in [2.24, 2.45) is 0 Å². The van der Waals surface area contributed by atoms with Gasteiger partial charge in [-0.2, -0.15) is 0 Å². The number of benzene rings is 3. The molecule has 5 rings (SSSR count). The first-order valence-corrected chi connectivity index (χ1v) is 11.9. The van der Waals surface area contributed by atoms with Crippen LogP contribution >= 0.6 is 12.2 Å². The lowest BCUT2D eigenvalue weighted by Gasteiger charge is -2.26. The number of hydrogen-bond acceptors (Lipinski definition) is 3. The van der Waals surface area contributed by atoms with Crippen molar-refractivity contribution in [3.05, 3.63) is 89.5 Å². The minimum Gasteiger partial charge on any atom is -0.332 e. The maximum absolute atomic E-state index is 13.4. The molecule has 2 aliphatic rings. The number of aryl methyl sites for hydroxylation is 1. The van der Waals surface area contributed by atoms with E-state index in [1.54, 1.807) is 9.80 Å². The van der Waals surface area contributed by atoms with Crippen LogP contribution in [0.25, 0.3) is 0 Å². The third-order valence-electron chi connectivity index (χ3n) is 6.35. The Morgan fingerprint density at radius 2 is 1.59 bits per heavy atom. The molecule has 1 fully saturated rings. The van der Waals surface area contributed by atoms with E-state index in [1.165, 1.54) is 5.56 Å². The molecule has 1 saturated heterocycles. The summed E-state index contributed by atoms with van der Waals surface area (Å²) in [4.78, 5) is 30.0. The van der Waals surface area contributed by atoms with Crippen LogP contribution in [0.15, 0.2) is 72.8 Å². The van der Waals surface area contributed by atoms with Crippen molar-refractivity contribution in [2.75, 3.05) is 22.1 Å². The molecule has 0 bridgehead atoms. The molecule has 7 heteroatoms. The predicted octanol–water partition coefficient (Wildman–Crippen LogP) is 4.96. The van der Waals surface area contributed by atoms with Gasteiger partial charge in [0, 0.05) is 17.9 Å². The van der Waals surface area contributed by atoms with Gasteiger partial charge in [0.15, 0.2) is 5.11 Å². The Hall–Kier alpha value is -3.71. The van der Waals surface area contributed by atoms with Gasteiger partial charge in [-0.05, 0) is 73.9 Å². The highest BCUT2D eigenvalue weighted by Crippen LogP contribution is 2.33. The van der Waals surface area contributed by atoms with Crippen molar-refractivity contribution in [3.63, 3.8) is 0 Å². The van der Waals surface area contributed by atoms with E-state index in [2.05, 4.69) is 10.6 Å². The topological polar surface area (TPSA) is 64.7 Å². The van der Waals surface area contributed by atoms with Gasteiger partial charge in [0.25, 0.3) is 5.91 Å². The van der Waals surface area contributed by atoms with Crippen LogP contribution in [0.3, 0.4) is 0 Å². The molecular weight excluding hydrogens is 444 g/mol. The van der Waals surface area contributed by atoms with E-state index in [-0.39, 0.29) is 17.9 Å². The number of hydrogen-bond donors (Lipinski definition) is 2. The lowest BCUT2D eigenvalue weighted by molar-refractivity contribution is -0.122. The van der Waals surface area contributed by atoms with Crippen LogP contribution in [0.1, 0.15) is 34.3 Å². The zero-order chi connectivity index (χ0) is 23.7. The molecule has 0 saturated carbocycles. The van der Waals surface area contributed by atoms with Crippen molar-refractivity contribution in [3.8, 4) is 0 Å². The van der Waals surface area contributed by atoms with Crippen LogP contribution < -0.4 is 15.5 Å². The van der Waals surface area contributed by atoms with Gasteiger partial charge >= 0.3 is 0 Å². The van der Waals surface area contributed by atoms with Gasteiger partial charge in [-0.15, -0.1) is 0 Å². The SMILES string of the molecule is Cc1ccc(NC(=S)Nc2ccc(CN3C(=O)C4CCCN4C(=O)c4ccccc43)cc2)cc1. The fourth-order valence-corrected chi connectivity index (χ4v) is 4.81. The number of nitrogens with one attached hydrogen (secondary N) is 2. The van der Waals surface area contributed by atoms with Gasteiger partial charge in [0.1, 0.15) is 6.04 Å². The first kappa shape index (κ1) is 22.1. The predicted molar refractivity (Wildman–Crippen MR) is 139 cm³/mol. The number of fused-ring (bicyclic) bond motifs is 2. The summed E-state index contributed by atoms with van der Waals surface area (Å²) < 4.78 is 0. The normalized spacial score (nSPS) is 17.1. The summed E-state index contributed by atoms with van der Waals surface area (Å²) in [6.07, 6.45) is 1.57. The maximum Gasteiger partial charge on any atom is 0.256 e. The second-order valence-electron chi connectivity index (χ2n) is 8.74. The lowest BCUT2D eigenvalue weighted by Crippen LogP contribution is -2.44. The highest BCUT2D eigenvalue weighted by molar-refractivity contribution is 7.80. The Labute approximate surface area is 204 Å². The molecule has 0 spiro atoms. The molecule has 1 atom stereocenters. The van der Waals surface area contributed by atoms with Gasteiger partial charge in [0.05, 0.1) is 17.8 Å². The summed E-state index contributed by atoms with van der Waals surface area (Å²) in [5.41, 5.74) is 5.21. The Morgan fingerprint density at radius 3 is 2.29 bits per heavy atom. The van der Waals surface area contributed by atoms with E-state index in [1.807, 2.05) is 79.7 Å². The fraction of sp³-hybridized carbons (Fsp3) is 0.222. The molecular formula is C27H26N4O2S. The number of carbonyl (C=O) groups is 2. The summed E-state index contributed by atoms with van der Waals surface area (Å²) in [7, 11) is 0. The minimum absolute atomic E-state index is 0.0125. The van der Waals surface area contributed by atoms with E-state index >= 15 is 0 Å². The number of anilines is 3. The van der Waals surface area contributed by atoms with E-state index < -0.39 is 0 Å². The first-order valence-electron chi connectivity index (χ1n) is 11.4. The number of rotatable bonds is 4. The van der Waals surface area contributed by atoms with Crippen LogP contribution in [-0.2, 0) is 11.3 Å².